The predicted octanol–water partition coefficient (Wildman–Crippen LogP) is 6.02. The maximum absolute atomic E-state index is 12.9. The average molecular weight is 484 g/mol. The number of fused-ring (bicyclic) bond motifs is 1. The van der Waals surface area contributed by atoms with Crippen LogP contribution >= 0.6 is 11.3 Å². The van der Waals surface area contributed by atoms with Crippen LogP contribution in [-0.2, 0) is 24.2 Å². The number of ether oxygens (including phenoxy) is 3. The fraction of sp³-hybridized carbons (Fsp3) is 0.385. The van der Waals surface area contributed by atoms with Crippen LogP contribution in [0.25, 0.3) is 0 Å². The molecule has 34 heavy (non-hydrogen) atoms. The molecule has 8 heteroatoms. The van der Waals surface area contributed by atoms with E-state index in [9.17, 15) is 9.59 Å². The minimum Gasteiger partial charge on any atom is -0.494 e. The van der Waals surface area contributed by atoms with Gasteiger partial charge in [-0.1, -0.05) is 6.92 Å². The van der Waals surface area contributed by atoms with E-state index in [1.165, 1.54) is 11.3 Å². The Morgan fingerprint density at radius 3 is 2.47 bits per heavy atom. The predicted molar refractivity (Wildman–Crippen MR) is 130 cm³/mol. The van der Waals surface area contributed by atoms with Crippen molar-refractivity contribution in [3.8, 4) is 11.5 Å². The minimum atomic E-state index is -0.407. The number of carbonyl (C=O) groups is 2. The number of furan rings is 1. The topological polar surface area (TPSA) is 87.0 Å². The monoisotopic (exact) mass is 483 g/mol. The quantitative estimate of drug-likeness (QED) is 0.355. The SMILES string of the molecule is CCCOC(=O)c1c(NC(=O)c2ccc(COc3ccc(OCC)cc3)o2)sc2c1CCCC2. The number of nitrogens with one attached hydrogen (secondary N) is 1. The van der Waals surface area contributed by atoms with Crippen molar-refractivity contribution < 1.29 is 28.2 Å². The number of hydrogen-bond donors (Lipinski definition) is 1. The first-order chi connectivity index (χ1) is 16.6. The molecule has 4 rings (SSSR count). The fourth-order valence-electron chi connectivity index (χ4n) is 3.83. The molecular formula is C26H29NO6S. The maximum Gasteiger partial charge on any atom is 0.341 e. The number of thiophene rings is 1. The lowest BCUT2D eigenvalue weighted by molar-refractivity contribution is 0.0505. The molecule has 0 unspecified atom stereocenters. The van der Waals surface area contributed by atoms with E-state index in [1.807, 2.05) is 38.1 Å². The van der Waals surface area contributed by atoms with Crippen LogP contribution in [0, 0.1) is 0 Å². The van der Waals surface area contributed by atoms with Crippen molar-refractivity contribution in [2.45, 2.75) is 52.6 Å². The summed E-state index contributed by atoms with van der Waals surface area (Å²) in [5, 5.41) is 3.41. The van der Waals surface area contributed by atoms with Crippen LogP contribution in [0.4, 0.5) is 5.00 Å². The van der Waals surface area contributed by atoms with Gasteiger partial charge in [0.2, 0.25) is 0 Å². The number of esters is 1. The third-order valence-electron chi connectivity index (χ3n) is 5.44. The molecule has 0 aliphatic heterocycles. The molecule has 0 spiro atoms. The molecule has 2 aromatic heterocycles. The van der Waals surface area contributed by atoms with Crippen LogP contribution in [0.5, 0.6) is 11.5 Å². The first-order valence-electron chi connectivity index (χ1n) is 11.7. The summed E-state index contributed by atoms with van der Waals surface area (Å²) in [6.07, 6.45) is 4.60. The second-order valence-corrected chi connectivity index (χ2v) is 9.07. The highest BCUT2D eigenvalue weighted by Crippen LogP contribution is 2.39. The van der Waals surface area contributed by atoms with Crippen molar-refractivity contribution in [3.63, 3.8) is 0 Å². The summed E-state index contributed by atoms with van der Waals surface area (Å²) < 4.78 is 22.3. The molecule has 0 radical (unpaired) electrons. The van der Waals surface area contributed by atoms with Gasteiger partial charge in [-0.2, -0.15) is 0 Å². The highest BCUT2D eigenvalue weighted by atomic mass is 32.1. The van der Waals surface area contributed by atoms with Gasteiger partial charge in [0.15, 0.2) is 5.76 Å². The van der Waals surface area contributed by atoms with Crippen molar-refractivity contribution in [2.24, 2.45) is 0 Å². The highest BCUT2D eigenvalue weighted by molar-refractivity contribution is 7.17. The summed E-state index contributed by atoms with van der Waals surface area (Å²) in [5.74, 6) is 1.35. The van der Waals surface area contributed by atoms with Crippen molar-refractivity contribution in [3.05, 3.63) is 63.9 Å². The number of anilines is 1. The first-order valence-corrected chi connectivity index (χ1v) is 12.5. The van der Waals surface area contributed by atoms with Gasteiger partial charge in [0, 0.05) is 4.88 Å². The molecule has 2 heterocycles. The van der Waals surface area contributed by atoms with Crippen LogP contribution in [0.1, 0.15) is 70.2 Å². The first kappa shape index (κ1) is 23.9. The van der Waals surface area contributed by atoms with Gasteiger partial charge in [-0.15, -0.1) is 11.3 Å². The van der Waals surface area contributed by atoms with E-state index in [0.29, 0.717) is 35.3 Å². The second-order valence-electron chi connectivity index (χ2n) is 7.96. The van der Waals surface area contributed by atoms with E-state index in [4.69, 9.17) is 18.6 Å². The van der Waals surface area contributed by atoms with Crippen molar-refractivity contribution in [1.82, 2.24) is 0 Å². The summed E-state index contributed by atoms with van der Waals surface area (Å²) >= 11 is 1.46. The van der Waals surface area contributed by atoms with Crippen molar-refractivity contribution >= 4 is 28.2 Å². The van der Waals surface area contributed by atoms with Crippen LogP contribution in [0.3, 0.4) is 0 Å². The molecular weight excluding hydrogens is 454 g/mol. The Hall–Kier alpha value is -3.26. The Balaban J connectivity index is 1.42. The minimum absolute atomic E-state index is 0.157. The number of hydrogen-bond acceptors (Lipinski definition) is 7. The smallest absolute Gasteiger partial charge is 0.341 e. The molecule has 0 saturated heterocycles. The van der Waals surface area contributed by atoms with Crippen LogP contribution in [0.2, 0.25) is 0 Å². The molecule has 0 saturated carbocycles. The van der Waals surface area contributed by atoms with Gasteiger partial charge in [0.1, 0.15) is 28.9 Å². The Labute approximate surface area is 203 Å². The molecule has 1 N–H and O–H groups in total. The van der Waals surface area contributed by atoms with E-state index < -0.39 is 5.91 Å². The molecule has 1 aliphatic rings. The van der Waals surface area contributed by atoms with Gasteiger partial charge in [-0.25, -0.2) is 4.79 Å². The number of aryl methyl sites for hydroxylation is 1. The molecule has 0 fully saturated rings. The molecule has 1 aromatic carbocycles. The number of carbonyl (C=O) groups excluding carboxylic acids is 2. The number of rotatable bonds is 10. The Morgan fingerprint density at radius 2 is 1.74 bits per heavy atom. The largest absolute Gasteiger partial charge is 0.494 e. The van der Waals surface area contributed by atoms with Gasteiger partial charge in [-0.05, 0) is 81.0 Å². The summed E-state index contributed by atoms with van der Waals surface area (Å²) in [7, 11) is 0. The number of benzene rings is 1. The maximum atomic E-state index is 12.9. The third kappa shape index (κ3) is 5.62. The van der Waals surface area contributed by atoms with Crippen LogP contribution in [0.15, 0.2) is 40.8 Å². The fourth-order valence-corrected chi connectivity index (χ4v) is 5.10. The van der Waals surface area contributed by atoms with E-state index in [0.717, 1.165) is 48.3 Å². The highest BCUT2D eigenvalue weighted by Gasteiger charge is 2.28. The summed E-state index contributed by atoms with van der Waals surface area (Å²) in [6, 6.07) is 10.6. The van der Waals surface area contributed by atoms with E-state index in [2.05, 4.69) is 5.32 Å². The van der Waals surface area contributed by atoms with E-state index in [1.54, 1.807) is 12.1 Å². The van der Waals surface area contributed by atoms with E-state index >= 15 is 0 Å². The third-order valence-corrected chi connectivity index (χ3v) is 6.65. The average Bonchev–Trinajstić information content (AvgIpc) is 3.47. The summed E-state index contributed by atoms with van der Waals surface area (Å²) in [5.41, 5.74) is 1.50. The molecule has 7 nitrogen and oxygen atoms in total. The van der Waals surface area contributed by atoms with Gasteiger partial charge in [-0.3, -0.25) is 4.79 Å². The molecule has 0 atom stereocenters. The Bertz CT molecular complexity index is 1130. The summed E-state index contributed by atoms with van der Waals surface area (Å²) in [6.45, 7) is 5.02. The summed E-state index contributed by atoms with van der Waals surface area (Å²) in [4.78, 5) is 26.8. The van der Waals surface area contributed by atoms with Gasteiger partial charge >= 0.3 is 5.97 Å². The Morgan fingerprint density at radius 1 is 1.00 bits per heavy atom. The molecule has 180 valence electrons. The number of amides is 1. The van der Waals surface area contributed by atoms with E-state index in [-0.39, 0.29) is 18.3 Å². The zero-order chi connectivity index (χ0) is 23.9. The zero-order valence-electron chi connectivity index (χ0n) is 19.5. The standard InChI is InChI=1S/C26H29NO6S/c1-3-15-31-26(29)23-20-7-5-6-8-22(20)34-25(23)27-24(28)21-14-13-19(33-21)16-32-18-11-9-17(10-12-18)30-4-2/h9-14H,3-8,15-16H2,1-2H3,(H,27,28). The van der Waals surface area contributed by atoms with Gasteiger partial charge < -0.3 is 23.9 Å². The van der Waals surface area contributed by atoms with Crippen LogP contribution in [-0.4, -0.2) is 25.1 Å². The molecule has 1 aliphatic carbocycles. The molecule has 1 amide bonds. The van der Waals surface area contributed by atoms with Crippen LogP contribution < -0.4 is 14.8 Å². The lowest BCUT2D eigenvalue weighted by atomic mass is 9.95. The normalized spacial score (nSPS) is 12.6. The van der Waals surface area contributed by atoms with Crippen molar-refractivity contribution in [2.75, 3.05) is 18.5 Å². The van der Waals surface area contributed by atoms with Gasteiger partial charge in [0.05, 0.1) is 18.8 Å². The molecule has 3 aromatic rings. The lowest BCUT2D eigenvalue weighted by Crippen LogP contribution is -2.15. The van der Waals surface area contributed by atoms with Gasteiger partial charge in [0.25, 0.3) is 5.91 Å². The molecule has 0 bridgehead atoms. The zero-order valence-corrected chi connectivity index (χ0v) is 20.3. The second kappa shape index (κ2) is 11.2. The lowest BCUT2D eigenvalue weighted by Gasteiger charge is -2.12. The Kier molecular flexibility index (Phi) is 7.90. The van der Waals surface area contributed by atoms with Crippen molar-refractivity contribution in [1.29, 1.82) is 0 Å².